The minimum Gasteiger partial charge on any atom is -0.316 e. The van der Waals surface area contributed by atoms with Gasteiger partial charge in [-0.1, -0.05) is 40.5 Å². The molecular weight excluding hydrogens is 146 g/mol. The van der Waals surface area contributed by atoms with Crippen molar-refractivity contribution in [2.45, 2.75) is 47.0 Å². The number of hydrogen-bond acceptors (Lipinski definition) is 1. The maximum Gasteiger partial charge on any atom is -0.00181 e. The van der Waals surface area contributed by atoms with Crippen LogP contribution in [0.25, 0.3) is 0 Å². The van der Waals surface area contributed by atoms with Crippen LogP contribution in [0, 0.1) is 11.8 Å². The summed E-state index contributed by atoms with van der Waals surface area (Å²) < 4.78 is 0. The molecule has 1 nitrogen and oxygen atoms in total. The van der Waals surface area contributed by atoms with Crippen LogP contribution in [0.4, 0.5) is 0 Å². The van der Waals surface area contributed by atoms with Gasteiger partial charge in [0.1, 0.15) is 0 Å². The van der Waals surface area contributed by atoms with Gasteiger partial charge in [-0.2, -0.15) is 0 Å². The van der Waals surface area contributed by atoms with Gasteiger partial charge < -0.3 is 5.32 Å². The lowest BCUT2D eigenvalue weighted by Gasteiger charge is -2.21. The van der Waals surface area contributed by atoms with Crippen molar-refractivity contribution in [2.24, 2.45) is 11.8 Å². The molecule has 0 bridgehead atoms. The quantitative estimate of drug-likeness (QED) is 0.580. The van der Waals surface area contributed by atoms with E-state index in [1.165, 1.54) is 32.4 Å². The highest BCUT2D eigenvalue weighted by atomic mass is 14.9. The molecule has 0 saturated carbocycles. The second kappa shape index (κ2) is 7.60. The van der Waals surface area contributed by atoms with Crippen molar-refractivity contribution in [3.05, 3.63) is 0 Å². The van der Waals surface area contributed by atoms with Gasteiger partial charge in [-0.15, -0.1) is 0 Å². The van der Waals surface area contributed by atoms with E-state index in [1.54, 1.807) is 0 Å². The molecule has 0 spiro atoms. The number of rotatable bonds is 7. The molecule has 2 unspecified atom stereocenters. The monoisotopic (exact) mass is 171 g/mol. The molecule has 0 radical (unpaired) electrons. The van der Waals surface area contributed by atoms with Crippen LogP contribution < -0.4 is 5.32 Å². The van der Waals surface area contributed by atoms with Gasteiger partial charge in [0, 0.05) is 0 Å². The van der Waals surface area contributed by atoms with Gasteiger partial charge in [-0.3, -0.25) is 0 Å². The van der Waals surface area contributed by atoms with E-state index in [0.717, 1.165) is 11.8 Å². The van der Waals surface area contributed by atoms with Crippen molar-refractivity contribution in [3.8, 4) is 0 Å². The van der Waals surface area contributed by atoms with E-state index >= 15 is 0 Å². The van der Waals surface area contributed by atoms with Crippen LogP contribution in [0.1, 0.15) is 47.0 Å². The van der Waals surface area contributed by atoms with Crippen LogP contribution in [0.15, 0.2) is 0 Å². The molecule has 0 heterocycles. The average molecular weight is 171 g/mol. The Kier molecular flexibility index (Phi) is 7.58. The molecule has 2 atom stereocenters. The second-order valence-corrected chi connectivity index (χ2v) is 3.76. The predicted octanol–water partition coefficient (Wildman–Crippen LogP) is 3.06. The summed E-state index contributed by atoms with van der Waals surface area (Å²) in [6, 6.07) is 0. The maximum absolute atomic E-state index is 3.50. The molecule has 0 saturated heterocycles. The zero-order chi connectivity index (χ0) is 9.40. The van der Waals surface area contributed by atoms with Crippen molar-refractivity contribution in [1.82, 2.24) is 5.32 Å². The molecule has 0 aliphatic heterocycles. The van der Waals surface area contributed by atoms with Gasteiger partial charge >= 0.3 is 0 Å². The zero-order valence-electron chi connectivity index (χ0n) is 9.19. The zero-order valence-corrected chi connectivity index (χ0v) is 9.19. The topological polar surface area (TPSA) is 12.0 Å². The third-order valence-corrected chi connectivity index (χ3v) is 2.81. The third kappa shape index (κ3) is 4.76. The van der Waals surface area contributed by atoms with Crippen molar-refractivity contribution in [1.29, 1.82) is 0 Å². The predicted molar refractivity (Wildman–Crippen MR) is 56.4 cm³/mol. The third-order valence-electron chi connectivity index (χ3n) is 2.81. The van der Waals surface area contributed by atoms with Crippen LogP contribution >= 0.6 is 0 Å². The summed E-state index contributed by atoms with van der Waals surface area (Å²) in [5, 5.41) is 3.50. The van der Waals surface area contributed by atoms with Crippen LogP contribution in [0.3, 0.4) is 0 Å². The molecular formula is C11H25N. The highest BCUT2D eigenvalue weighted by molar-refractivity contribution is 4.66. The summed E-state index contributed by atoms with van der Waals surface area (Å²) in [6.07, 6.45) is 3.87. The molecule has 0 aromatic carbocycles. The first kappa shape index (κ1) is 12.0. The van der Waals surface area contributed by atoms with Crippen LogP contribution in [0.2, 0.25) is 0 Å². The first-order chi connectivity index (χ1) is 5.76. The Morgan fingerprint density at radius 3 is 2.17 bits per heavy atom. The summed E-state index contributed by atoms with van der Waals surface area (Å²) >= 11 is 0. The normalized spacial score (nSPS) is 16.0. The van der Waals surface area contributed by atoms with Gasteiger partial charge in [0.2, 0.25) is 0 Å². The first-order valence-electron chi connectivity index (χ1n) is 5.46. The fourth-order valence-electron chi connectivity index (χ4n) is 1.55. The van der Waals surface area contributed by atoms with E-state index in [9.17, 15) is 0 Å². The van der Waals surface area contributed by atoms with Crippen LogP contribution in [0.5, 0.6) is 0 Å². The van der Waals surface area contributed by atoms with Gasteiger partial charge in [0.25, 0.3) is 0 Å². The van der Waals surface area contributed by atoms with Gasteiger partial charge in [-0.25, -0.2) is 0 Å². The fourth-order valence-corrected chi connectivity index (χ4v) is 1.55. The summed E-state index contributed by atoms with van der Waals surface area (Å²) in [4.78, 5) is 0. The van der Waals surface area contributed by atoms with Crippen molar-refractivity contribution < 1.29 is 0 Å². The molecule has 1 heteroatoms. The lowest BCUT2D eigenvalue weighted by molar-refractivity contribution is 0.323. The van der Waals surface area contributed by atoms with Gasteiger partial charge in [0.15, 0.2) is 0 Å². The van der Waals surface area contributed by atoms with Crippen LogP contribution in [-0.2, 0) is 0 Å². The standard InChI is InChI=1S/C11H25N/c1-5-8-12-9-11(7-3)10(4)6-2/h10-12H,5-9H2,1-4H3. The molecule has 0 aromatic rings. The Hall–Kier alpha value is -0.0400. The molecule has 0 fully saturated rings. The molecule has 0 aromatic heterocycles. The van der Waals surface area contributed by atoms with E-state index in [-0.39, 0.29) is 0 Å². The summed E-state index contributed by atoms with van der Waals surface area (Å²) in [7, 11) is 0. The Morgan fingerprint density at radius 1 is 1.08 bits per heavy atom. The summed E-state index contributed by atoms with van der Waals surface area (Å²) in [5.41, 5.74) is 0. The minimum atomic E-state index is 0.874. The van der Waals surface area contributed by atoms with Crippen LogP contribution in [-0.4, -0.2) is 13.1 Å². The fraction of sp³-hybridized carbons (Fsp3) is 1.00. The molecule has 0 rings (SSSR count). The van der Waals surface area contributed by atoms with E-state index in [2.05, 4.69) is 33.0 Å². The molecule has 1 N–H and O–H groups in total. The SMILES string of the molecule is CCCNCC(CC)C(C)CC. The lowest BCUT2D eigenvalue weighted by atomic mass is 9.89. The summed E-state index contributed by atoms with van der Waals surface area (Å²) in [5.74, 6) is 1.75. The Morgan fingerprint density at radius 2 is 1.75 bits per heavy atom. The van der Waals surface area contributed by atoms with E-state index < -0.39 is 0 Å². The molecule has 12 heavy (non-hydrogen) atoms. The Balaban J connectivity index is 3.52. The Bertz CT molecular complexity index is 91.0. The molecule has 0 aliphatic rings. The van der Waals surface area contributed by atoms with E-state index in [0.29, 0.717) is 0 Å². The Labute approximate surface area is 77.9 Å². The van der Waals surface area contributed by atoms with E-state index in [1.807, 2.05) is 0 Å². The highest BCUT2D eigenvalue weighted by Gasteiger charge is 2.12. The number of nitrogens with one attached hydrogen (secondary N) is 1. The molecule has 0 aliphatic carbocycles. The van der Waals surface area contributed by atoms with Crippen molar-refractivity contribution >= 4 is 0 Å². The van der Waals surface area contributed by atoms with E-state index in [4.69, 9.17) is 0 Å². The molecule has 0 amide bonds. The van der Waals surface area contributed by atoms with Gasteiger partial charge in [0.05, 0.1) is 0 Å². The molecule has 74 valence electrons. The lowest BCUT2D eigenvalue weighted by Crippen LogP contribution is -2.27. The van der Waals surface area contributed by atoms with Crippen molar-refractivity contribution in [2.75, 3.05) is 13.1 Å². The summed E-state index contributed by atoms with van der Waals surface area (Å²) in [6.45, 7) is 11.5. The number of hydrogen-bond donors (Lipinski definition) is 1. The minimum absolute atomic E-state index is 0.874. The average Bonchev–Trinajstić information content (AvgIpc) is 2.11. The first-order valence-corrected chi connectivity index (χ1v) is 5.46. The highest BCUT2D eigenvalue weighted by Crippen LogP contribution is 2.17. The largest absolute Gasteiger partial charge is 0.316 e. The van der Waals surface area contributed by atoms with Gasteiger partial charge in [-0.05, 0) is 31.3 Å². The van der Waals surface area contributed by atoms with Crippen molar-refractivity contribution in [3.63, 3.8) is 0 Å². The maximum atomic E-state index is 3.50. The smallest absolute Gasteiger partial charge is 0.00181 e. The second-order valence-electron chi connectivity index (χ2n) is 3.76.